The highest BCUT2D eigenvalue weighted by molar-refractivity contribution is 5.83. The lowest BCUT2D eigenvalue weighted by Gasteiger charge is -2.39. The molecule has 1 saturated heterocycles. The zero-order chi connectivity index (χ0) is 28.4. The molecule has 0 bridgehead atoms. The molecule has 3 unspecified atom stereocenters. The van der Waals surface area contributed by atoms with Crippen LogP contribution in [0.3, 0.4) is 0 Å². The number of nitrogens with zero attached hydrogens (tertiary/aromatic N) is 3. The SMILES string of the molecule is COC1(c2cc(F)cc(OCc3cc4ccc5nnc(C)n5c4cc3CCOC(C)C(=O)O)c2)CCOC(C)C1. The molecule has 0 spiro atoms. The summed E-state index contributed by atoms with van der Waals surface area (Å²) in [6, 6.07) is 12.7. The van der Waals surface area contributed by atoms with Gasteiger partial charge in [-0.2, -0.15) is 0 Å². The van der Waals surface area contributed by atoms with E-state index in [-0.39, 0.29) is 19.3 Å². The molecule has 2 aromatic heterocycles. The zero-order valence-corrected chi connectivity index (χ0v) is 23.1. The van der Waals surface area contributed by atoms with Crippen LogP contribution in [0.2, 0.25) is 0 Å². The molecule has 40 heavy (non-hydrogen) atoms. The monoisotopic (exact) mass is 551 g/mol. The number of aliphatic carboxylic acids is 1. The van der Waals surface area contributed by atoms with Crippen LogP contribution < -0.4 is 4.74 Å². The molecule has 10 heteroatoms. The van der Waals surface area contributed by atoms with E-state index in [2.05, 4.69) is 10.2 Å². The number of aryl methyl sites for hydroxylation is 1. The average molecular weight is 552 g/mol. The fraction of sp³-hybridized carbons (Fsp3) is 0.433. The Labute approximate surface area is 231 Å². The Balaban J connectivity index is 1.46. The minimum Gasteiger partial charge on any atom is -0.489 e. The van der Waals surface area contributed by atoms with E-state index in [1.807, 2.05) is 48.6 Å². The topological polar surface area (TPSA) is 104 Å². The predicted octanol–water partition coefficient (Wildman–Crippen LogP) is 4.98. The molecule has 212 valence electrons. The van der Waals surface area contributed by atoms with E-state index in [4.69, 9.17) is 18.9 Å². The van der Waals surface area contributed by atoms with Gasteiger partial charge in [0.25, 0.3) is 0 Å². The van der Waals surface area contributed by atoms with Crippen LogP contribution in [0, 0.1) is 12.7 Å². The minimum absolute atomic E-state index is 0.00615. The van der Waals surface area contributed by atoms with Crippen LogP contribution >= 0.6 is 0 Å². The van der Waals surface area contributed by atoms with Gasteiger partial charge >= 0.3 is 5.97 Å². The van der Waals surface area contributed by atoms with Crippen LogP contribution in [-0.4, -0.2) is 58.2 Å². The second-order valence-corrected chi connectivity index (χ2v) is 10.4. The van der Waals surface area contributed by atoms with Crippen molar-refractivity contribution in [1.82, 2.24) is 14.6 Å². The number of hydrogen-bond donors (Lipinski definition) is 1. The predicted molar refractivity (Wildman–Crippen MR) is 146 cm³/mol. The van der Waals surface area contributed by atoms with Crippen LogP contribution in [-0.2, 0) is 37.6 Å². The molecule has 1 N–H and O–H groups in total. The first-order valence-corrected chi connectivity index (χ1v) is 13.4. The molecule has 1 fully saturated rings. The average Bonchev–Trinajstić information content (AvgIpc) is 3.32. The van der Waals surface area contributed by atoms with Crippen molar-refractivity contribution in [3.8, 4) is 5.75 Å². The van der Waals surface area contributed by atoms with Gasteiger partial charge in [-0.15, -0.1) is 10.2 Å². The van der Waals surface area contributed by atoms with Crippen molar-refractivity contribution < 1.29 is 33.2 Å². The summed E-state index contributed by atoms with van der Waals surface area (Å²) in [4.78, 5) is 11.2. The van der Waals surface area contributed by atoms with E-state index in [9.17, 15) is 14.3 Å². The third-order valence-corrected chi connectivity index (χ3v) is 7.65. The number of fused-ring (bicyclic) bond motifs is 3. The first kappa shape index (κ1) is 27.9. The van der Waals surface area contributed by atoms with Gasteiger partial charge in [-0.1, -0.05) is 0 Å². The second kappa shape index (κ2) is 11.5. The number of hydrogen-bond acceptors (Lipinski definition) is 7. The van der Waals surface area contributed by atoms with E-state index in [1.165, 1.54) is 19.1 Å². The molecule has 2 aromatic carbocycles. The molecule has 3 atom stereocenters. The van der Waals surface area contributed by atoms with Gasteiger partial charge in [0.05, 0.1) is 30.4 Å². The molecule has 1 aliphatic heterocycles. The van der Waals surface area contributed by atoms with Crippen molar-refractivity contribution >= 4 is 22.5 Å². The lowest BCUT2D eigenvalue weighted by atomic mass is 9.83. The van der Waals surface area contributed by atoms with Crippen molar-refractivity contribution in [2.24, 2.45) is 0 Å². The maximum Gasteiger partial charge on any atom is 0.332 e. The van der Waals surface area contributed by atoms with Gasteiger partial charge in [-0.05, 0) is 85.7 Å². The van der Waals surface area contributed by atoms with E-state index in [1.54, 1.807) is 7.11 Å². The van der Waals surface area contributed by atoms with Gasteiger partial charge in [0.1, 0.15) is 24.0 Å². The third kappa shape index (κ3) is 5.65. The van der Waals surface area contributed by atoms with Crippen LogP contribution in [0.1, 0.15) is 49.2 Å². The normalized spacial score (nSPS) is 20.2. The number of carboxylic acids is 1. The highest BCUT2D eigenvalue weighted by Gasteiger charge is 2.38. The molecular weight excluding hydrogens is 517 g/mol. The van der Waals surface area contributed by atoms with Crippen LogP contribution in [0.25, 0.3) is 16.6 Å². The highest BCUT2D eigenvalue weighted by atomic mass is 19.1. The highest BCUT2D eigenvalue weighted by Crippen LogP contribution is 2.39. The largest absolute Gasteiger partial charge is 0.489 e. The lowest BCUT2D eigenvalue weighted by Crippen LogP contribution is -2.39. The number of benzene rings is 2. The van der Waals surface area contributed by atoms with Crippen molar-refractivity contribution in [2.75, 3.05) is 20.3 Å². The number of aromatic nitrogens is 3. The molecule has 1 aliphatic rings. The summed E-state index contributed by atoms with van der Waals surface area (Å²) < 4.78 is 40.1. The molecule has 0 amide bonds. The Hall–Kier alpha value is -3.60. The number of rotatable bonds is 10. The fourth-order valence-electron chi connectivity index (χ4n) is 5.44. The molecule has 5 rings (SSSR count). The van der Waals surface area contributed by atoms with Crippen LogP contribution in [0.4, 0.5) is 4.39 Å². The van der Waals surface area contributed by atoms with Crippen LogP contribution in [0.5, 0.6) is 5.75 Å². The fourth-order valence-corrected chi connectivity index (χ4v) is 5.44. The Kier molecular flexibility index (Phi) is 8.02. The summed E-state index contributed by atoms with van der Waals surface area (Å²) in [5.41, 5.74) is 3.54. The van der Waals surface area contributed by atoms with E-state index >= 15 is 0 Å². The van der Waals surface area contributed by atoms with Crippen molar-refractivity contribution in [1.29, 1.82) is 0 Å². The second-order valence-electron chi connectivity index (χ2n) is 10.4. The number of carbonyl (C=O) groups is 1. The first-order valence-electron chi connectivity index (χ1n) is 13.4. The smallest absolute Gasteiger partial charge is 0.332 e. The Bertz CT molecular complexity index is 1540. The summed E-state index contributed by atoms with van der Waals surface area (Å²) in [6.45, 7) is 6.31. The van der Waals surface area contributed by atoms with Gasteiger partial charge in [0.15, 0.2) is 11.8 Å². The summed E-state index contributed by atoms with van der Waals surface area (Å²) in [7, 11) is 1.65. The summed E-state index contributed by atoms with van der Waals surface area (Å²) >= 11 is 0. The van der Waals surface area contributed by atoms with Crippen molar-refractivity contribution in [3.63, 3.8) is 0 Å². The quantitative estimate of drug-likeness (QED) is 0.294. The summed E-state index contributed by atoms with van der Waals surface area (Å²) in [5.74, 6) is -0.257. The number of ether oxygens (including phenoxy) is 4. The molecule has 3 heterocycles. The van der Waals surface area contributed by atoms with E-state index in [0.717, 1.165) is 39.1 Å². The molecule has 0 saturated carbocycles. The number of carboxylic acid groups (broad SMARTS) is 1. The first-order chi connectivity index (χ1) is 19.2. The van der Waals surface area contributed by atoms with Gasteiger partial charge in [0.2, 0.25) is 0 Å². The van der Waals surface area contributed by atoms with Gasteiger partial charge < -0.3 is 24.1 Å². The maximum atomic E-state index is 14.8. The third-order valence-electron chi connectivity index (χ3n) is 7.65. The molecule has 4 aromatic rings. The molecule has 9 nitrogen and oxygen atoms in total. The molecule has 0 aliphatic carbocycles. The van der Waals surface area contributed by atoms with Gasteiger partial charge in [0, 0.05) is 26.0 Å². The molecule has 0 radical (unpaired) electrons. The number of halogens is 1. The Morgan fingerprint density at radius 1 is 1.23 bits per heavy atom. The zero-order valence-electron chi connectivity index (χ0n) is 23.1. The Morgan fingerprint density at radius 2 is 2.05 bits per heavy atom. The number of methoxy groups -OCH3 is 1. The maximum absolute atomic E-state index is 14.8. The summed E-state index contributed by atoms with van der Waals surface area (Å²) in [5, 5.41) is 18.6. The Morgan fingerprint density at radius 3 is 2.80 bits per heavy atom. The molecular formula is C30H34FN3O6. The van der Waals surface area contributed by atoms with Gasteiger partial charge in [-0.3, -0.25) is 4.40 Å². The van der Waals surface area contributed by atoms with Gasteiger partial charge in [-0.25, -0.2) is 9.18 Å². The lowest BCUT2D eigenvalue weighted by molar-refractivity contribution is -0.149. The van der Waals surface area contributed by atoms with E-state index in [0.29, 0.717) is 31.6 Å². The standard InChI is InChI=1S/C30H34FN3O6/c1-18-16-30(37-4,8-10-38-18)24-13-25(31)15-26(14-24)40-17-23-11-22-5-6-28-33-32-20(3)34(28)27(22)12-21(23)7-9-39-19(2)29(35)36/h5-6,11-15,18-19H,7-10,16-17H2,1-4H3,(H,35,36). The summed E-state index contributed by atoms with van der Waals surface area (Å²) in [6.07, 6.45) is 0.778. The minimum atomic E-state index is -1.02. The number of pyridine rings is 1. The van der Waals surface area contributed by atoms with Crippen molar-refractivity contribution in [2.45, 2.75) is 64.4 Å². The van der Waals surface area contributed by atoms with E-state index < -0.39 is 23.5 Å². The van der Waals surface area contributed by atoms with Crippen molar-refractivity contribution in [3.05, 3.63) is 70.8 Å². The van der Waals surface area contributed by atoms with Crippen LogP contribution in [0.15, 0.2) is 42.5 Å².